The molecule has 1 aromatic heterocycles. The summed E-state index contributed by atoms with van der Waals surface area (Å²) in [5.74, 6) is 0.117. The van der Waals surface area contributed by atoms with Crippen LogP contribution in [0.3, 0.4) is 0 Å². The minimum absolute atomic E-state index is 0.117. The Morgan fingerprint density at radius 1 is 0.966 bits per heavy atom. The van der Waals surface area contributed by atoms with Crippen molar-refractivity contribution in [1.29, 1.82) is 0 Å². The third-order valence-corrected chi connectivity index (χ3v) is 6.40. The molecule has 154 valence electrons. The van der Waals surface area contributed by atoms with Crippen molar-refractivity contribution in [3.05, 3.63) is 58.1 Å². The Kier molecular flexibility index (Phi) is 6.70. The molecule has 0 spiro atoms. The zero-order valence-corrected chi connectivity index (χ0v) is 19.2. The second-order valence-electron chi connectivity index (χ2n) is 8.24. The molecule has 0 saturated heterocycles. The van der Waals surface area contributed by atoms with Crippen molar-refractivity contribution < 1.29 is 4.79 Å². The maximum atomic E-state index is 13.4. The standard InChI is InChI=1S/C24H31N3OS/c1-16-8-9-18(3)20(13-16)15-22(28)27(11-7-10-26(5)6)24-25-21-14-17(2)12-19(4)23(21)29-24/h8-9,12-14H,7,10-11,15H2,1-6H3. The molecule has 1 amide bonds. The van der Waals surface area contributed by atoms with Crippen molar-refractivity contribution in [2.45, 2.75) is 40.5 Å². The minimum Gasteiger partial charge on any atom is -0.309 e. The van der Waals surface area contributed by atoms with Gasteiger partial charge in [-0.05, 0) is 83.1 Å². The number of carbonyl (C=O) groups excluding carboxylic acids is 1. The van der Waals surface area contributed by atoms with Crippen molar-refractivity contribution in [3.8, 4) is 0 Å². The molecule has 0 unspecified atom stereocenters. The summed E-state index contributed by atoms with van der Waals surface area (Å²) in [4.78, 5) is 22.3. The summed E-state index contributed by atoms with van der Waals surface area (Å²) in [6.07, 6.45) is 1.32. The highest BCUT2D eigenvalue weighted by Crippen LogP contribution is 2.32. The Morgan fingerprint density at radius 3 is 2.45 bits per heavy atom. The number of aryl methyl sites for hydroxylation is 4. The fraction of sp³-hybridized carbons (Fsp3) is 0.417. The van der Waals surface area contributed by atoms with E-state index in [1.54, 1.807) is 11.3 Å². The molecule has 0 bridgehead atoms. The van der Waals surface area contributed by atoms with E-state index >= 15 is 0 Å². The molecule has 4 nitrogen and oxygen atoms in total. The maximum Gasteiger partial charge on any atom is 0.233 e. The van der Waals surface area contributed by atoms with Crippen molar-refractivity contribution in [2.24, 2.45) is 0 Å². The molecule has 29 heavy (non-hydrogen) atoms. The van der Waals surface area contributed by atoms with E-state index < -0.39 is 0 Å². The van der Waals surface area contributed by atoms with E-state index in [0.29, 0.717) is 13.0 Å². The zero-order valence-electron chi connectivity index (χ0n) is 18.4. The first-order valence-electron chi connectivity index (χ1n) is 10.1. The van der Waals surface area contributed by atoms with Gasteiger partial charge in [0.15, 0.2) is 5.13 Å². The number of carbonyl (C=O) groups is 1. The average Bonchev–Trinajstić information content (AvgIpc) is 3.05. The Morgan fingerprint density at radius 2 is 1.72 bits per heavy atom. The summed E-state index contributed by atoms with van der Waals surface area (Å²) in [6, 6.07) is 10.6. The van der Waals surface area contributed by atoms with E-state index in [1.165, 1.54) is 21.4 Å². The van der Waals surface area contributed by atoms with Gasteiger partial charge in [0.1, 0.15) is 0 Å². The highest BCUT2D eigenvalue weighted by Gasteiger charge is 2.21. The number of fused-ring (bicyclic) bond motifs is 1. The number of hydrogen-bond acceptors (Lipinski definition) is 4. The lowest BCUT2D eigenvalue weighted by Gasteiger charge is -2.21. The summed E-state index contributed by atoms with van der Waals surface area (Å²) in [5.41, 5.74) is 6.85. The van der Waals surface area contributed by atoms with Gasteiger partial charge in [-0.3, -0.25) is 9.69 Å². The van der Waals surface area contributed by atoms with Crippen LogP contribution in [0.5, 0.6) is 0 Å². The van der Waals surface area contributed by atoms with Gasteiger partial charge < -0.3 is 4.90 Å². The number of aromatic nitrogens is 1. The predicted octanol–water partition coefficient (Wildman–Crippen LogP) is 5.06. The fourth-order valence-electron chi connectivity index (χ4n) is 3.60. The summed E-state index contributed by atoms with van der Waals surface area (Å²) in [7, 11) is 4.12. The highest BCUT2D eigenvalue weighted by molar-refractivity contribution is 7.22. The Hall–Kier alpha value is -2.24. The van der Waals surface area contributed by atoms with Gasteiger partial charge in [0.2, 0.25) is 5.91 Å². The third kappa shape index (κ3) is 5.22. The maximum absolute atomic E-state index is 13.4. The van der Waals surface area contributed by atoms with E-state index in [-0.39, 0.29) is 5.91 Å². The first-order valence-corrected chi connectivity index (χ1v) is 11.0. The van der Waals surface area contributed by atoms with Crippen LogP contribution in [0.15, 0.2) is 30.3 Å². The molecule has 5 heteroatoms. The normalized spacial score (nSPS) is 11.4. The summed E-state index contributed by atoms with van der Waals surface area (Å²) in [6.45, 7) is 9.97. The minimum atomic E-state index is 0.117. The van der Waals surface area contributed by atoms with Gasteiger partial charge in [-0.15, -0.1) is 0 Å². The number of thiazole rings is 1. The SMILES string of the molecule is Cc1ccc(C)c(CC(=O)N(CCCN(C)C)c2nc3cc(C)cc(C)c3s2)c1. The molecule has 0 aliphatic heterocycles. The molecule has 0 radical (unpaired) electrons. The second kappa shape index (κ2) is 9.06. The number of benzene rings is 2. The molecule has 0 fully saturated rings. The summed E-state index contributed by atoms with van der Waals surface area (Å²) >= 11 is 1.63. The van der Waals surface area contributed by atoms with E-state index in [2.05, 4.69) is 77.0 Å². The van der Waals surface area contributed by atoms with Gasteiger partial charge >= 0.3 is 0 Å². The van der Waals surface area contributed by atoms with Gasteiger partial charge in [-0.25, -0.2) is 4.98 Å². The highest BCUT2D eigenvalue weighted by atomic mass is 32.1. The molecule has 0 aliphatic carbocycles. The predicted molar refractivity (Wildman–Crippen MR) is 124 cm³/mol. The van der Waals surface area contributed by atoms with Crippen molar-refractivity contribution in [3.63, 3.8) is 0 Å². The van der Waals surface area contributed by atoms with Gasteiger partial charge in [-0.1, -0.05) is 41.2 Å². The molecule has 2 aromatic carbocycles. The van der Waals surface area contributed by atoms with Gasteiger partial charge in [0.25, 0.3) is 0 Å². The number of rotatable bonds is 7. The molecular weight excluding hydrogens is 378 g/mol. The molecule has 3 rings (SSSR count). The molecule has 0 N–H and O–H groups in total. The topological polar surface area (TPSA) is 36.4 Å². The van der Waals surface area contributed by atoms with Crippen LogP contribution in [0.4, 0.5) is 5.13 Å². The van der Waals surface area contributed by atoms with Crippen LogP contribution in [0.2, 0.25) is 0 Å². The number of anilines is 1. The van der Waals surface area contributed by atoms with Gasteiger partial charge in [0, 0.05) is 6.54 Å². The van der Waals surface area contributed by atoms with Crippen molar-refractivity contribution >= 4 is 32.6 Å². The van der Waals surface area contributed by atoms with Crippen LogP contribution in [0.1, 0.15) is 34.2 Å². The van der Waals surface area contributed by atoms with E-state index in [1.807, 2.05) is 4.90 Å². The lowest BCUT2D eigenvalue weighted by atomic mass is 10.0. The first kappa shape index (κ1) is 21.5. The van der Waals surface area contributed by atoms with E-state index in [4.69, 9.17) is 4.98 Å². The largest absolute Gasteiger partial charge is 0.309 e. The molecule has 0 aliphatic rings. The third-order valence-electron chi connectivity index (χ3n) is 5.17. The monoisotopic (exact) mass is 409 g/mol. The zero-order chi connectivity index (χ0) is 21.1. The molecule has 3 aromatic rings. The Labute approximate surface area is 178 Å². The van der Waals surface area contributed by atoms with Crippen LogP contribution in [0, 0.1) is 27.7 Å². The second-order valence-corrected chi connectivity index (χ2v) is 9.21. The summed E-state index contributed by atoms with van der Waals surface area (Å²) < 4.78 is 1.17. The molecular formula is C24H31N3OS. The van der Waals surface area contributed by atoms with E-state index in [0.717, 1.165) is 34.7 Å². The van der Waals surface area contributed by atoms with Gasteiger partial charge in [-0.2, -0.15) is 0 Å². The van der Waals surface area contributed by atoms with Crippen LogP contribution < -0.4 is 4.90 Å². The fourth-order valence-corrected chi connectivity index (χ4v) is 4.66. The number of hydrogen-bond donors (Lipinski definition) is 0. The summed E-state index contributed by atoms with van der Waals surface area (Å²) in [5, 5.41) is 0.808. The van der Waals surface area contributed by atoms with Crippen LogP contribution in [-0.4, -0.2) is 43.0 Å². The van der Waals surface area contributed by atoms with Crippen LogP contribution in [-0.2, 0) is 11.2 Å². The quantitative estimate of drug-likeness (QED) is 0.547. The molecule has 0 atom stereocenters. The first-order chi connectivity index (χ1) is 13.7. The van der Waals surface area contributed by atoms with Crippen LogP contribution >= 0.6 is 11.3 Å². The average molecular weight is 410 g/mol. The molecule has 1 heterocycles. The van der Waals surface area contributed by atoms with Crippen molar-refractivity contribution in [2.75, 3.05) is 32.1 Å². The number of amides is 1. The molecule has 0 saturated carbocycles. The van der Waals surface area contributed by atoms with Crippen molar-refractivity contribution in [1.82, 2.24) is 9.88 Å². The van der Waals surface area contributed by atoms with Gasteiger partial charge in [0.05, 0.1) is 16.6 Å². The van der Waals surface area contributed by atoms with Crippen LogP contribution in [0.25, 0.3) is 10.2 Å². The van der Waals surface area contributed by atoms with E-state index in [9.17, 15) is 4.79 Å². The Balaban J connectivity index is 1.92. The lowest BCUT2D eigenvalue weighted by molar-refractivity contribution is -0.118. The lowest BCUT2D eigenvalue weighted by Crippen LogP contribution is -2.34. The Bertz CT molecular complexity index is 1020. The number of nitrogens with zero attached hydrogens (tertiary/aromatic N) is 3. The smallest absolute Gasteiger partial charge is 0.233 e.